The van der Waals surface area contributed by atoms with E-state index in [0.717, 1.165) is 50.1 Å². The average Bonchev–Trinajstić information content (AvgIpc) is 3.39. The molecule has 3 heteroatoms. The molecular weight excluding hydrogens is 498 g/mol. The number of nitriles is 2. The largest absolute Gasteiger partial charge is 0.309 e. The van der Waals surface area contributed by atoms with Gasteiger partial charge in [0, 0.05) is 16.3 Å². The second kappa shape index (κ2) is 10.0. The first-order valence-electron chi connectivity index (χ1n) is 13.5. The Morgan fingerprint density at radius 2 is 0.927 bits per heavy atom. The van der Waals surface area contributed by atoms with Crippen LogP contribution < -0.4 is 0 Å². The van der Waals surface area contributed by atoms with Crippen molar-refractivity contribution in [3.8, 4) is 51.2 Å². The molecule has 190 valence electrons. The third kappa shape index (κ3) is 4.05. The number of benzene rings is 6. The summed E-state index contributed by atoms with van der Waals surface area (Å²) in [6, 6.07) is 52.2. The van der Waals surface area contributed by atoms with Crippen LogP contribution in [0.15, 0.2) is 140 Å². The standard InChI is InChI=1S/C38H23N3/c39-24-29-20-19-28(21-30(29)25-40)33-22-35(27-13-5-2-6-14-27)38(23-34(33)26-11-3-1-4-12-26)41-36-17-9-7-15-31(36)32-16-8-10-18-37(32)41/h1-23H. The Kier molecular flexibility index (Phi) is 5.90. The number of rotatable bonds is 4. The number of fused-ring (bicyclic) bond motifs is 3. The summed E-state index contributed by atoms with van der Waals surface area (Å²) in [7, 11) is 0. The van der Waals surface area contributed by atoms with Crippen LogP contribution in [-0.2, 0) is 0 Å². The Morgan fingerprint density at radius 1 is 0.415 bits per heavy atom. The van der Waals surface area contributed by atoms with Crippen molar-refractivity contribution in [2.24, 2.45) is 0 Å². The van der Waals surface area contributed by atoms with E-state index in [0.29, 0.717) is 11.1 Å². The van der Waals surface area contributed by atoms with Gasteiger partial charge >= 0.3 is 0 Å². The van der Waals surface area contributed by atoms with Crippen LogP contribution in [0.4, 0.5) is 0 Å². The molecule has 0 atom stereocenters. The van der Waals surface area contributed by atoms with E-state index in [9.17, 15) is 10.5 Å². The smallest absolute Gasteiger partial charge is 0.101 e. The summed E-state index contributed by atoms with van der Waals surface area (Å²) in [5, 5.41) is 21.8. The van der Waals surface area contributed by atoms with Crippen molar-refractivity contribution in [2.75, 3.05) is 0 Å². The maximum atomic E-state index is 9.81. The van der Waals surface area contributed by atoms with Gasteiger partial charge in [0.2, 0.25) is 0 Å². The molecule has 0 fully saturated rings. The van der Waals surface area contributed by atoms with Gasteiger partial charge in [-0.05, 0) is 64.2 Å². The van der Waals surface area contributed by atoms with E-state index in [4.69, 9.17) is 0 Å². The molecule has 0 aliphatic carbocycles. The second-order valence-electron chi connectivity index (χ2n) is 10.0. The summed E-state index contributed by atoms with van der Waals surface area (Å²) >= 11 is 0. The van der Waals surface area contributed by atoms with Gasteiger partial charge in [0.05, 0.1) is 27.8 Å². The summed E-state index contributed by atoms with van der Waals surface area (Å²) < 4.78 is 2.36. The molecule has 7 rings (SSSR count). The molecule has 41 heavy (non-hydrogen) atoms. The molecule has 0 saturated heterocycles. The van der Waals surface area contributed by atoms with Gasteiger partial charge in [-0.1, -0.05) is 103 Å². The lowest BCUT2D eigenvalue weighted by molar-refractivity contribution is 1.18. The molecule has 0 amide bonds. The lowest BCUT2D eigenvalue weighted by atomic mass is 9.88. The van der Waals surface area contributed by atoms with Crippen LogP contribution >= 0.6 is 0 Å². The first-order chi connectivity index (χ1) is 20.3. The molecule has 0 N–H and O–H groups in total. The van der Waals surface area contributed by atoms with Crippen molar-refractivity contribution >= 4 is 21.8 Å². The van der Waals surface area contributed by atoms with E-state index in [1.54, 1.807) is 6.07 Å². The van der Waals surface area contributed by atoms with E-state index < -0.39 is 0 Å². The summed E-state index contributed by atoms with van der Waals surface area (Å²) in [6.07, 6.45) is 0. The third-order valence-corrected chi connectivity index (χ3v) is 7.70. The van der Waals surface area contributed by atoms with Crippen LogP contribution in [0.2, 0.25) is 0 Å². The van der Waals surface area contributed by atoms with Gasteiger partial charge in [0.1, 0.15) is 12.1 Å². The molecular formula is C38H23N3. The summed E-state index contributed by atoms with van der Waals surface area (Å²) in [6.45, 7) is 0. The Labute approximate surface area is 238 Å². The van der Waals surface area contributed by atoms with Crippen LogP contribution in [0.5, 0.6) is 0 Å². The maximum Gasteiger partial charge on any atom is 0.101 e. The number of hydrogen-bond acceptors (Lipinski definition) is 2. The van der Waals surface area contributed by atoms with E-state index in [1.807, 2.05) is 36.4 Å². The molecule has 0 spiro atoms. The first-order valence-corrected chi connectivity index (χ1v) is 13.5. The zero-order valence-electron chi connectivity index (χ0n) is 22.1. The second-order valence-corrected chi connectivity index (χ2v) is 10.0. The molecule has 7 aromatic rings. The average molecular weight is 522 g/mol. The first kappa shape index (κ1) is 24.2. The van der Waals surface area contributed by atoms with Crippen LogP contribution in [0.1, 0.15) is 11.1 Å². The highest BCUT2D eigenvalue weighted by atomic mass is 15.0. The fourth-order valence-electron chi connectivity index (χ4n) is 5.80. The minimum absolute atomic E-state index is 0.372. The molecule has 0 aliphatic rings. The Morgan fingerprint density at radius 3 is 1.51 bits per heavy atom. The van der Waals surface area contributed by atoms with Gasteiger partial charge in [-0.15, -0.1) is 0 Å². The Balaban J connectivity index is 1.63. The Bertz CT molecular complexity index is 2110. The fourth-order valence-corrected chi connectivity index (χ4v) is 5.80. The maximum absolute atomic E-state index is 9.81. The van der Waals surface area contributed by atoms with E-state index in [2.05, 4.69) is 114 Å². The van der Waals surface area contributed by atoms with Crippen molar-refractivity contribution < 1.29 is 0 Å². The van der Waals surface area contributed by atoms with Crippen LogP contribution in [0.3, 0.4) is 0 Å². The highest BCUT2D eigenvalue weighted by molar-refractivity contribution is 6.10. The summed E-state index contributed by atoms with van der Waals surface area (Å²) in [5.74, 6) is 0. The van der Waals surface area contributed by atoms with Gasteiger partial charge < -0.3 is 4.57 Å². The third-order valence-electron chi connectivity index (χ3n) is 7.70. The number of aromatic nitrogens is 1. The van der Waals surface area contributed by atoms with E-state index in [-0.39, 0.29) is 0 Å². The van der Waals surface area contributed by atoms with Crippen molar-refractivity contribution in [1.29, 1.82) is 10.5 Å². The molecule has 0 bridgehead atoms. The number of nitrogens with zero attached hydrogens (tertiary/aromatic N) is 3. The zero-order chi connectivity index (χ0) is 27.8. The molecule has 0 aliphatic heterocycles. The van der Waals surface area contributed by atoms with Gasteiger partial charge in [-0.2, -0.15) is 10.5 Å². The fraction of sp³-hybridized carbons (Fsp3) is 0. The minimum atomic E-state index is 0.372. The topological polar surface area (TPSA) is 52.5 Å². The lowest BCUT2D eigenvalue weighted by Crippen LogP contribution is -2.00. The quantitative estimate of drug-likeness (QED) is 0.232. The predicted octanol–water partition coefficient (Wildman–Crippen LogP) is 9.53. The number of hydrogen-bond donors (Lipinski definition) is 0. The molecule has 0 unspecified atom stereocenters. The highest BCUT2D eigenvalue weighted by Crippen LogP contribution is 2.42. The monoisotopic (exact) mass is 521 g/mol. The van der Waals surface area contributed by atoms with Gasteiger partial charge in [-0.3, -0.25) is 0 Å². The van der Waals surface area contributed by atoms with Gasteiger partial charge in [0.15, 0.2) is 0 Å². The van der Waals surface area contributed by atoms with Gasteiger partial charge in [0.25, 0.3) is 0 Å². The molecule has 3 nitrogen and oxygen atoms in total. The van der Waals surface area contributed by atoms with Crippen LogP contribution in [-0.4, -0.2) is 4.57 Å². The van der Waals surface area contributed by atoms with E-state index >= 15 is 0 Å². The molecule has 1 aromatic heterocycles. The van der Waals surface area contributed by atoms with Crippen molar-refractivity contribution in [2.45, 2.75) is 0 Å². The molecule has 0 radical (unpaired) electrons. The lowest BCUT2D eigenvalue weighted by Gasteiger charge is -2.20. The minimum Gasteiger partial charge on any atom is -0.309 e. The Hall–Kier alpha value is -5.90. The zero-order valence-corrected chi connectivity index (χ0v) is 22.1. The predicted molar refractivity (Wildman–Crippen MR) is 167 cm³/mol. The molecule has 0 saturated carbocycles. The van der Waals surface area contributed by atoms with E-state index in [1.165, 1.54) is 10.8 Å². The van der Waals surface area contributed by atoms with Gasteiger partial charge in [-0.25, -0.2) is 0 Å². The van der Waals surface area contributed by atoms with Crippen molar-refractivity contribution in [1.82, 2.24) is 4.57 Å². The molecule has 6 aromatic carbocycles. The summed E-state index contributed by atoms with van der Waals surface area (Å²) in [5.41, 5.74) is 10.3. The van der Waals surface area contributed by atoms with Crippen molar-refractivity contribution in [3.05, 3.63) is 151 Å². The van der Waals surface area contributed by atoms with Crippen LogP contribution in [0.25, 0.3) is 60.9 Å². The van der Waals surface area contributed by atoms with Crippen molar-refractivity contribution in [3.63, 3.8) is 0 Å². The summed E-state index contributed by atoms with van der Waals surface area (Å²) in [4.78, 5) is 0. The molecule has 1 heterocycles. The normalized spacial score (nSPS) is 10.9. The SMILES string of the molecule is N#Cc1ccc(-c2cc(-c3ccccc3)c(-n3c4ccccc4c4ccccc43)cc2-c2ccccc2)cc1C#N. The number of para-hydroxylation sites is 2. The van der Waals surface area contributed by atoms with Crippen LogP contribution in [0, 0.1) is 22.7 Å². The highest BCUT2D eigenvalue weighted by Gasteiger charge is 2.20.